The van der Waals surface area contributed by atoms with Gasteiger partial charge in [0.1, 0.15) is 0 Å². The Kier molecular flexibility index (Phi) is 9.58. The molecule has 0 fully saturated rings. The quantitative estimate of drug-likeness (QED) is 0.647. The van der Waals surface area contributed by atoms with Gasteiger partial charge in [-0.25, -0.2) is 0 Å². The monoisotopic (exact) mass is 317 g/mol. The van der Waals surface area contributed by atoms with Crippen molar-refractivity contribution in [2.45, 2.75) is 18.8 Å². The summed E-state index contributed by atoms with van der Waals surface area (Å²) in [6.07, 6.45) is -0.575. The van der Waals surface area contributed by atoms with Gasteiger partial charge in [-0.1, -0.05) is 23.7 Å². The lowest BCUT2D eigenvalue weighted by Crippen LogP contribution is -2.37. The summed E-state index contributed by atoms with van der Waals surface area (Å²) in [5.74, 6) is 0. The van der Waals surface area contributed by atoms with Gasteiger partial charge in [-0.2, -0.15) is 0 Å². The number of halogens is 1. The van der Waals surface area contributed by atoms with E-state index in [2.05, 4.69) is 5.32 Å². The Morgan fingerprint density at radius 2 is 1.86 bits per heavy atom. The van der Waals surface area contributed by atoms with Crippen LogP contribution in [0.4, 0.5) is 0 Å². The summed E-state index contributed by atoms with van der Waals surface area (Å²) in [4.78, 5) is 0. The maximum atomic E-state index is 9.81. The van der Waals surface area contributed by atoms with Crippen molar-refractivity contribution in [3.8, 4) is 0 Å². The van der Waals surface area contributed by atoms with E-state index in [9.17, 15) is 5.11 Å². The van der Waals surface area contributed by atoms with Crippen molar-refractivity contribution in [2.24, 2.45) is 0 Å². The molecule has 0 aromatic heterocycles. The van der Waals surface area contributed by atoms with Gasteiger partial charge in [0, 0.05) is 32.3 Å². The van der Waals surface area contributed by atoms with Gasteiger partial charge in [0.15, 0.2) is 0 Å². The molecule has 2 atom stereocenters. The van der Waals surface area contributed by atoms with Gasteiger partial charge in [0.25, 0.3) is 0 Å². The van der Waals surface area contributed by atoms with Gasteiger partial charge >= 0.3 is 0 Å². The number of hydrogen-bond donors (Lipinski definition) is 2. The first-order valence-electron chi connectivity index (χ1n) is 6.88. The third-order valence-corrected chi connectivity index (χ3v) is 3.18. The summed E-state index contributed by atoms with van der Waals surface area (Å²) in [6, 6.07) is 7.44. The predicted molar refractivity (Wildman–Crippen MR) is 82.7 cm³/mol. The fourth-order valence-corrected chi connectivity index (χ4v) is 1.89. The zero-order valence-electron chi connectivity index (χ0n) is 12.5. The number of benzene rings is 1. The summed E-state index contributed by atoms with van der Waals surface area (Å²) in [5.41, 5.74) is 1.03. The summed E-state index contributed by atoms with van der Waals surface area (Å²) in [6.45, 7) is 2.32. The minimum Gasteiger partial charge on any atom is -0.389 e. The molecule has 6 heteroatoms. The van der Waals surface area contributed by atoms with Gasteiger partial charge in [0.2, 0.25) is 0 Å². The molecule has 1 rings (SSSR count). The molecule has 0 heterocycles. The average molecular weight is 318 g/mol. The summed E-state index contributed by atoms with van der Waals surface area (Å²) < 4.78 is 15.7. The molecule has 21 heavy (non-hydrogen) atoms. The smallest absolute Gasteiger partial charge is 0.0928 e. The standard InChI is InChI=1S/C15H24ClNO4/c1-19-11-15(20-2)8-17-7-14(18)10-21-9-12-3-5-13(16)6-4-12/h3-6,14-15,17-18H,7-11H2,1-2H3. The Morgan fingerprint density at radius 3 is 2.48 bits per heavy atom. The van der Waals surface area contributed by atoms with E-state index < -0.39 is 6.10 Å². The number of nitrogens with one attached hydrogen (secondary N) is 1. The van der Waals surface area contributed by atoms with Crippen LogP contribution in [0.25, 0.3) is 0 Å². The predicted octanol–water partition coefficient (Wildman–Crippen LogP) is 1.47. The molecular formula is C15H24ClNO4. The summed E-state index contributed by atoms with van der Waals surface area (Å²) in [7, 11) is 3.27. The molecule has 0 aliphatic rings. The maximum absolute atomic E-state index is 9.81. The highest BCUT2D eigenvalue weighted by molar-refractivity contribution is 6.30. The Labute approximate surface area is 131 Å². The normalized spacial score (nSPS) is 14.1. The van der Waals surface area contributed by atoms with E-state index in [1.165, 1.54) is 0 Å². The Balaban J connectivity index is 2.10. The van der Waals surface area contributed by atoms with Crippen LogP contribution in [0, 0.1) is 0 Å². The van der Waals surface area contributed by atoms with Gasteiger partial charge in [0.05, 0.1) is 32.0 Å². The molecule has 2 unspecified atom stereocenters. The van der Waals surface area contributed by atoms with Crippen molar-refractivity contribution in [1.29, 1.82) is 0 Å². The van der Waals surface area contributed by atoms with Gasteiger partial charge in [-0.3, -0.25) is 0 Å². The van der Waals surface area contributed by atoms with Crippen LogP contribution in [0.15, 0.2) is 24.3 Å². The largest absolute Gasteiger partial charge is 0.389 e. The highest BCUT2D eigenvalue weighted by Crippen LogP contribution is 2.10. The second-order valence-electron chi connectivity index (χ2n) is 4.77. The third-order valence-electron chi connectivity index (χ3n) is 2.93. The first kappa shape index (κ1) is 18.4. The van der Waals surface area contributed by atoms with Crippen molar-refractivity contribution in [3.63, 3.8) is 0 Å². The number of aliphatic hydroxyl groups is 1. The van der Waals surface area contributed by atoms with Crippen LogP contribution in [0.3, 0.4) is 0 Å². The number of rotatable bonds is 11. The SMILES string of the molecule is COCC(CNCC(O)COCc1ccc(Cl)cc1)OC. The molecule has 0 spiro atoms. The van der Waals surface area contributed by atoms with Crippen molar-refractivity contribution in [3.05, 3.63) is 34.9 Å². The number of aliphatic hydroxyl groups excluding tert-OH is 1. The van der Waals surface area contributed by atoms with Gasteiger partial charge in [-0.05, 0) is 17.7 Å². The van der Waals surface area contributed by atoms with Crippen molar-refractivity contribution >= 4 is 11.6 Å². The van der Waals surface area contributed by atoms with E-state index in [1.807, 2.05) is 24.3 Å². The van der Waals surface area contributed by atoms with Crippen LogP contribution in [0.5, 0.6) is 0 Å². The van der Waals surface area contributed by atoms with Crippen LogP contribution >= 0.6 is 11.6 Å². The van der Waals surface area contributed by atoms with Crippen LogP contribution < -0.4 is 5.32 Å². The number of hydrogen-bond acceptors (Lipinski definition) is 5. The van der Waals surface area contributed by atoms with Crippen LogP contribution in [0.2, 0.25) is 5.02 Å². The lowest BCUT2D eigenvalue weighted by Gasteiger charge is -2.17. The first-order chi connectivity index (χ1) is 10.2. The van der Waals surface area contributed by atoms with Crippen molar-refractivity contribution < 1.29 is 19.3 Å². The Morgan fingerprint density at radius 1 is 1.14 bits per heavy atom. The summed E-state index contributed by atoms with van der Waals surface area (Å²) >= 11 is 5.81. The Bertz CT molecular complexity index is 374. The fraction of sp³-hybridized carbons (Fsp3) is 0.600. The van der Waals surface area contributed by atoms with E-state index in [0.29, 0.717) is 31.3 Å². The van der Waals surface area contributed by atoms with Gasteiger partial charge < -0.3 is 24.6 Å². The minimum absolute atomic E-state index is 0.0165. The zero-order chi connectivity index (χ0) is 15.5. The van der Waals surface area contributed by atoms with E-state index in [1.54, 1.807) is 14.2 Å². The summed E-state index contributed by atoms with van der Waals surface area (Å²) in [5, 5.41) is 13.6. The molecule has 0 aliphatic carbocycles. The number of methoxy groups -OCH3 is 2. The second kappa shape index (κ2) is 11.0. The highest BCUT2D eigenvalue weighted by Gasteiger charge is 2.08. The molecule has 120 valence electrons. The molecule has 0 saturated heterocycles. The number of ether oxygens (including phenoxy) is 3. The third kappa shape index (κ3) is 8.36. The van der Waals surface area contributed by atoms with Crippen LogP contribution in [0.1, 0.15) is 5.56 Å². The van der Waals surface area contributed by atoms with Crippen LogP contribution in [-0.4, -0.2) is 57.8 Å². The molecule has 0 radical (unpaired) electrons. The fourth-order valence-electron chi connectivity index (χ4n) is 1.76. The first-order valence-corrected chi connectivity index (χ1v) is 7.26. The van der Waals surface area contributed by atoms with Crippen LogP contribution in [-0.2, 0) is 20.8 Å². The molecular weight excluding hydrogens is 294 g/mol. The van der Waals surface area contributed by atoms with E-state index >= 15 is 0 Å². The lowest BCUT2D eigenvalue weighted by molar-refractivity contribution is 0.0150. The van der Waals surface area contributed by atoms with Crippen molar-refractivity contribution in [2.75, 3.05) is 40.5 Å². The second-order valence-corrected chi connectivity index (χ2v) is 5.20. The molecule has 1 aromatic carbocycles. The molecule has 1 aromatic rings. The molecule has 5 nitrogen and oxygen atoms in total. The van der Waals surface area contributed by atoms with Crippen molar-refractivity contribution in [1.82, 2.24) is 5.32 Å². The molecule has 2 N–H and O–H groups in total. The Hall–Kier alpha value is -0.690. The molecule has 0 saturated carbocycles. The van der Waals surface area contributed by atoms with Gasteiger partial charge in [-0.15, -0.1) is 0 Å². The minimum atomic E-state index is -0.558. The molecule has 0 amide bonds. The topological polar surface area (TPSA) is 60.0 Å². The highest BCUT2D eigenvalue weighted by atomic mass is 35.5. The maximum Gasteiger partial charge on any atom is 0.0928 e. The lowest BCUT2D eigenvalue weighted by atomic mass is 10.2. The molecule has 0 bridgehead atoms. The average Bonchev–Trinajstić information content (AvgIpc) is 2.48. The van der Waals surface area contributed by atoms with E-state index in [0.717, 1.165) is 5.56 Å². The zero-order valence-corrected chi connectivity index (χ0v) is 13.3. The van der Waals surface area contributed by atoms with E-state index in [-0.39, 0.29) is 12.7 Å². The molecule has 0 aliphatic heterocycles. The van der Waals surface area contributed by atoms with E-state index in [4.69, 9.17) is 25.8 Å².